The van der Waals surface area contributed by atoms with Gasteiger partial charge >= 0.3 is 0 Å². The number of nitrogens with two attached hydrogens (primary N) is 1. The topological polar surface area (TPSA) is 38.5 Å². The van der Waals surface area contributed by atoms with Crippen LogP contribution >= 0.6 is 12.2 Å². The van der Waals surface area contributed by atoms with Crippen LogP contribution in [-0.4, -0.2) is 42.2 Å². The summed E-state index contributed by atoms with van der Waals surface area (Å²) in [4.78, 5) is 3.02. The Morgan fingerprint density at radius 2 is 2.06 bits per heavy atom. The quantitative estimate of drug-likeness (QED) is 0.741. The number of piperidine rings is 1. The normalized spacial score (nSPS) is 22.3. The van der Waals surface area contributed by atoms with Crippen molar-refractivity contribution in [3.8, 4) is 0 Å². The first-order chi connectivity index (χ1) is 8.04. The molecule has 0 aromatic rings. The van der Waals surface area contributed by atoms with Crippen LogP contribution in [0.15, 0.2) is 0 Å². The summed E-state index contributed by atoms with van der Waals surface area (Å²) < 4.78 is 5.55. The molecule has 0 aromatic carbocycles. The average molecular weight is 258 g/mol. The lowest BCUT2D eigenvalue weighted by Gasteiger charge is -2.40. The molecule has 0 aliphatic carbocycles. The number of likely N-dealkylation sites (tertiary alicyclic amines) is 1. The number of hydrogen-bond donors (Lipinski definition) is 1. The van der Waals surface area contributed by atoms with Crippen molar-refractivity contribution in [3.63, 3.8) is 0 Å². The first kappa shape index (κ1) is 14.9. The molecular weight excluding hydrogens is 232 g/mol. The maximum absolute atomic E-state index is 5.80. The molecule has 1 fully saturated rings. The van der Waals surface area contributed by atoms with Crippen LogP contribution in [0.25, 0.3) is 0 Å². The van der Waals surface area contributed by atoms with Crippen molar-refractivity contribution < 1.29 is 4.74 Å². The van der Waals surface area contributed by atoms with E-state index in [0.717, 1.165) is 31.8 Å². The Labute approximate surface area is 111 Å². The van der Waals surface area contributed by atoms with Crippen molar-refractivity contribution >= 4 is 17.2 Å². The molecule has 0 bridgehead atoms. The van der Waals surface area contributed by atoms with Crippen molar-refractivity contribution in [2.45, 2.75) is 45.1 Å². The fourth-order valence-corrected chi connectivity index (χ4v) is 2.96. The zero-order valence-electron chi connectivity index (χ0n) is 11.4. The Hall–Kier alpha value is -0.190. The Morgan fingerprint density at radius 3 is 2.47 bits per heavy atom. The van der Waals surface area contributed by atoms with E-state index in [0.29, 0.717) is 4.99 Å². The van der Waals surface area contributed by atoms with Gasteiger partial charge in [-0.05, 0) is 25.2 Å². The molecule has 1 atom stereocenters. The zero-order chi connectivity index (χ0) is 12.9. The fourth-order valence-electron chi connectivity index (χ4n) is 2.67. The van der Waals surface area contributed by atoms with Gasteiger partial charge in [0.1, 0.15) is 10.6 Å². The number of ether oxygens (including phenoxy) is 1. The van der Waals surface area contributed by atoms with E-state index in [4.69, 9.17) is 22.7 Å². The Morgan fingerprint density at radius 1 is 1.47 bits per heavy atom. The van der Waals surface area contributed by atoms with E-state index in [1.165, 1.54) is 19.4 Å². The average Bonchev–Trinajstić information content (AvgIpc) is 2.30. The smallest absolute Gasteiger partial charge is 0.120 e. The second-order valence-electron chi connectivity index (χ2n) is 5.26. The number of methoxy groups -OCH3 is 1. The van der Waals surface area contributed by atoms with Gasteiger partial charge in [0.05, 0.1) is 0 Å². The summed E-state index contributed by atoms with van der Waals surface area (Å²) in [6.07, 6.45) is 4.43. The van der Waals surface area contributed by atoms with Crippen molar-refractivity contribution in [2.75, 3.05) is 26.7 Å². The number of rotatable bonds is 6. The fraction of sp³-hybridized carbons (Fsp3) is 0.923. The highest BCUT2D eigenvalue weighted by atomic mass is 32.1. The van der Waals surface area contributed by atoms with Crippen LogP contribution in [0.1, 0.15) is 39.5 Å². The summed E-state index contributed by atoms with van der Waals surface area (Å²) in [5.74, 6) is 0.778. The van der Waals surface area contributed by atoms with Gasteiger partial charge in [-0.25, -0.2) is 0 Å². The van der Waals surface area contributed by atoms with Crippen molar-refractivity contribution in [1.29, 1.82) is 0 Å². The summed E-state index contributed by atoms with van der Waals surface area (Å²) in [6.45, 7) is 7.84. The van der Waals surface area contributed by atoms with Crippen molar-refractivity contribution in [2.24, 2.45) is 11.7 Å². The maximum atomic E-state index is 5.80. The van der Waals surface area contributed by atoms with Gasteiger partial charge in [-0.15, -0.1) is 0 Å². The van der Waals surface area contributed by atoms with Crippen LogP contribution in [0.4, 0.5) is 0 Å². The molecule has 0 spiro atoms. The summed E-state index contributed by atoms with van der Waals surface area (Å²) in [5, 5.41) is 0. The van der Waals surface area contributed by atoms with Crippen LogP contribution in [0, 0.1) is 5.92 Å². The van der Waals surface area contributed by atoms with E-state index >= 15 is 0 Å². The van der Waals surface area contributed by atoms with E-state index in [9.17, 15) is 0 Å². The molecule has 1 aliphatic rings. The van der Waals surface area contributed by atoms with E-state index in [1.807, 2.05) is 0 Å². The van der Waals surface area contributed by atoms with Crippen molar-refractivity contribution in [3.05, 3.63) is 0 Å². The largest absolute Gasteiger partial charge is 0.391 e. The monoisotopic (exact) mass is 258 g/mol. The molecule has 1 rings (SSSR count). The highest BCUT2D eigenvalue weighted by Crippen LogP contribution is 2.26. The second-order valence-corrected chi connectivity index (χ2v) is 5.70. The van der Waals surface area contributed by atoms with E-state index in [2.05, 4.69) is 18.7 Å². The predicted octanol–water partition coefficient (Wildman–Crippen LogP) is 2.19. The molecule has 1 saturated heterocycles. The molecule has 0 radical (unpaired) electrons. The zero-order valence-corrected chi connectivity index (χ0v) is 12.2. The van der Waals surface area contributed by atoms with Crippen LogP contribution in [0.3, 0.4) is 0 Å². The van der Waals surface area contributed by atoms with Gasteiger partial charge in [0, 0.05) is 26.7 Å². The Balaban J connectivity index is 2.42. The number of nitrogens with zero attached hydrogens (tertiary/aromatic N) is 1. The molecule has 100 valence electrons. The molecule has 0 aromatic heterocycles. The second kappa shape index (κ2) is 6.66. The number of thiocarbonyl (C=S) groups is 1. The van der Waals surface area contributed by atoms with Gasteiger partial charge in [-0.3, -0.25) is 0 Å². The minimum Gasteiger partial charge on any atom is -0.391 e. The maximum Gasteiger partial charge on any atom is 0.120 e. The minimum atomic E-state index is -0.347. The first-order valence-electron chi connectivity index (χ1n) is 6.61. The summed E-state index contributed by atoms with van der Waals surface area (Å²) >= 11 is 5.13. The molecule has 2 N–H and O–H groups in total. The van der Waals surface area contributed by atoms with Gasteiger partial charge in [-0.1, -0.05) is 32.5 Å². The lowest BCUT2D eigenvalue weighted by atomic mass is 9.90. The highest BCUT2D eigenvalue weighted by Gasteiger charge is 2.37. The third kappa shape index (κ3) is 3.90. The predicted molar refractivity (Wildman–Crippen MR) is 76.3 cm³/mol. The molecule has 17 heavy (non-hydrogen) atoms. The third-order valence-corrected chi connectivity index (χ3v) is 4.23. The number of hydrogen-bond acceptors (Lipinski definition) is 3. The van der Waals surface area contributed by atoms with Gasteiger partial charge in [0.25, 0.3) is 0 Å². The van der Waals surface area contributed by atoms with Gasteiger partial charge in [-0.2, -0.15) is 0 Å². The Kier molecular flexibility index (Phi) is 5.83. The standard InChI is InChI=1S/C13H26N2OS/c1-4-5-11(2)10-15-8-6-13(16-3,7-9-15)12(14)17/h11H,4-10H2,1-3H3,(H2,14,17). The summed E-state index contributed by atoms with van der Waals surface area (Å²) in [5.41, 5.74) is 5.45. The molecule has 4 heteroatoms. The summed E-state index contributed by atoms with van der Waals surface area (Å²) in [6, 6.07) is 0. The van der Waals surface area contributed by atoms with Gasteiger partial charge < -0.3 is 15.4 Å². The third-order valence-electron chi connectivity index (χ3n) is 3.85. The van der Waals surface area contributed by atoms with Crippen molar-refractivity contribution in [1.82, 2.24) is 4.90 Å². The molecule has 3 nitrogen and oxygen atoms in total. The minimum absolute atomic E-state index is 0.347. The van der Waals surface area contributed by atoms with Gasteiger partial charge in [0.15, 0.2) is 0 Å². The molecule has 1 heterocycles. The Bertz CT molecular complexity index is 250. The molecular formula is C13H26N2OS. The van der Waals surface area contributed by atoms with Crippen LogP contribution in [0.2, 0.25) is 0 Å². The SMILES string of the molecule is CCCC(C)CN1CCC(OC)(C(N)=S)CC1. The van der Waals surface area contributed by atoms with E-state index < -0.39 is 0 Å². The van der Waals surface area contributed by atoms with Crippen LogP contribution in [-0.2, 0) is 4.74 Å². The van der Waals surface area contributed by atoms with E-state index in [1.54, 1.807) is 7.11 Å². The lowest BCUT2D eigenvalue weighted by Crippen LogP contribution is -2.53. The van der Waals surface area contributed by atoms with Gasteiger partial charge in [0.2, 0.25) is 0 Å². The van der Waals surface area contributed by atoms with Crippen LogP contribution in [0.5, 0.6) is 0 Å². The summed E-state index contributed by atoms with van der Waals surface area (Å²) in [7, 11) is 1.72. The molecule has 1 aliphatic heterocycles. The molecule has 0 amide bonds. The first-order valence-corrected chi connectivity index (χ1v) is 7.02. The van der Waals surface area contributed by atoms with Crippen LogP contribution < -0.4 is 5.73 Å². The molecule has 0 saturated carbocycles. The molecule has 1 unspecified atom stereocenters. The van der Waals surface area contributed by atoms with E-state index in [-0.39, 0.29) is 5.60 Å². The lowest BCUT2D eigenvalue weighted by molar-refractivity contribution is -0.00630. The highest BCUT2D eigenvalue weighted by molar-refractivity contribution is 7.80.